The minimum atomic E-state index is -0.802. The lowest BCUT2D eigenvalue weighted by molar-refractivity contribution is -0.141. The van der Waals surface area contributed by atoms with Crippen LogP contribution in [0.15, 0.2) is 23.0 Å². The van der Waals surface area contributed by atoms with Gasteiger partial charge in [-0.25, -0.2) is 0 Å². The van der Waals surface area contributed by atoms with Crippen molar-refractivity contribution in [3.63, 3.8) is 0 Å². The van der Waals surface area contributed by atoms with E-state index in [1.165, 1.54) is 18.2 Å². The first-order chi connectivity index (χ1) is 9.40. The van der Waals surface area contributed by atoms with Gasteiger partial charge in [-0.3, -0.25) is 14.4 Å². The van der Waals surface area contributed by atoms with Gasteiger partial charge in [0.05, 0.1) is 5.92 Å². The van der Waals surface area contributed by atoms with Gasteiger partial charge in [-0.05, 0) is 25.8 Å². The number of pyridine rings is 1. The Morgan fingerprint density at radius 1 is 1.30 bits per heavy atom. The fraction of sp³-hybridized carbons (Fsp3) is 0.500. The Morgan fingerprint density at radius 3 is 2.60 bits per heavy atom. The third-order valence-corrected chi connectivity index (χ3v) is 3.09. The minimum absolute atomic E-state index is 0.0767. The number of aliphatic carboxylic acids is 1. The number of nitrogens with one attached hydrogen (secondary N) is 2. The van der Waals surface area contributed by atoms with Gasteiger partial charge in [-0.15, -0.1) is 0 Å². The zero-order chi connectivity index (χ0) is 15.1. The van der Waals surface area contributed by atoms with Crippen LogP contribution >= 0.6 is 0 Å². The number of carboxylic acid groups (broad SMARTS) is 1. The van der Waals surface area contributed by atoms with Crippen LogP contribution in [0.1, 0.15) is 43.6 Å². The van der Waals surface area contributed by atoms with E-state index in [0.29, 0.717) is 12.8 Å². The molecule has 0 saturated heterocycles. The number of aromatic nitrogens is 1. The molecule has 0 spiro atoms. The van der Waals surface area contributed by atoms with Gasteiger partial charge in [0.25, 0.3) is 5.91 Å². The standard InChI is InChI=1S/C14H20N2O4/c1-9(14(19)20)5-3-6-10(2)15-13(18)11-7-4-8-12(17)16-11/h4,7-10H,3,5-6H2,1-2H3,(H,15,18)(H,16,17)(H,19,20). The average Bonchev–Trinajstić information content (AvgIpc) is 2.38. The monoisotopic (exact) mass is 280 g/mol. The number of carboxylic acids is 1. The first-order valence-corrected chi connectivity index (χ1v) is 6.63. The average molecular weight is 280 g/mol. The van der Waals surface area contributed by atoms with E-state index in [1.54, 1.807) is 6.92 Å². The van der Waals surface area contributed by atoms with E-state index in [-0.39, 0.29) is 29.1 Å². The van der Waals surface area contributed by atoms with E-state index >= 15 is 0 Å². The topological polar surface area (TPSA) is 99.3 Å². The van der Waals surface area contributed by atoms with Crippen LogP contribution in [-0.4, -0.2) is 28.0 Å². The highest BCUT2D eigenvalue weighted by Crippen LogP contribution is 2.09. The molecule has 3 N–H and O–H groups in total. The van der Waals surface area contributed by atoms with Crippen LogP contribution in [0.4, 0.5) is 0 Å². The van der Waals surface area contributed by atoms with Crippen LogP contribution in [0.5, 0.6) is 0 Å². The lowest BCUT2D eigenvalue weighted by Crippen LogP contribution is -2.34. The van der Waals surface area contributed by atoms with Crippen molar-refractivity contribution in [2.45, 2.75) is 39.2 Å². The third-order valence-electron chi connectivity index (χ3n) is 3.09. The molecule has 1 heterocycles. The number of aromatic amines is 1. The van der Waals surface area contributed by atoms with Crippen molar-refractivity contribution in [3.05, 3.63) is 34.2 Å². The summed E-state index contributed by atoms with van der Waals surface area (Å²) in [6.07, 6.45) is 2.00. The van der Waals surface area contributed by atoms with E-state index in [9.17, 15) is 14.4 Å². The normalized spacial score (nSPS) is 13.5. The Kier molecular flexibility index (Phi) is 5.96. The second kappa shape index (κ2) is 7.47. The predicted octanol–water partition coefficient (Wildman–Crippen LogP) is 1.38. The predicted molar refractivity (Wildman–Crippen MR) is 74.6 cm³/mol. The Hall–Kier alpha value is -2.11. The lowest BCUT2D eigenvalue weighted by Gasteiger charge is -2.14. The highest BCUT2D eigenvalue weighted by molar-refractivity contribution is 5.92. The van der Waals surface area contributed by atoms with Crippen LogP contribution in [0.2, 0.25) is 0 Å². The summed E-state index contributed by atoms with van der Waals surface area (Å²) in [4.78, 5) is 36.1. The van der Waals surface area contributed by atoms with Gasteiger partial charge in [-0.2, -0.15) is 0 Å². The Bertz CT molecular complexity index is 524. The zero-order valence-electron chi connectivity index (χ0n) is 11.7. The number of carbonyl (C=O) groups is 2. The number of carbonyl (C=O) groups excluding carboxylic acids is 1. The van der Waals surface area contributed by atoms with Gasteiger partial charge in [-0.1, -0.05) is 19.4 Å². The fourth-order valence-electron chi connectivity index (χ4n) is 1.81. The molecule has 1 aromatic heterocycles. The van der Waals surface area contributed by atoms with Gasteiger partial charge >= 0.3 is 5.97 Å². The van der Waals surface area contributed by atoms with Crippen LogP contribution in [0.3, 0.4) is 0 Å². The van der Waals surface area contributed by atoms with Crippen LogP contribution in [0.25, 0.3) is 0 Å². The molecule has 2 unspecified atom stereocenters. The van der Waals surface area contributed by atoms with Gasteiger partial charge < -0.3 is 15.4 Å². The lowest BCUT2D eigenvalue weighted by atomic mass is 10.0. The first kappa shape index (κ1) is 15.9. The Labute approximate surface area is 117 Å². The second-order valence-electron chi connectivity index (χ2n) is 4.97. The number of hydrogen-bond donors (Lipinski definition) is 3. The molecule has 0 fully saturated rings. The smallest absolute Gasteiger partial charge is 0.306 e. The number of rotatable bonds is 7. The fourth-order valence-corrected chi connectivity index (χ4v) is 1.81. The van der Waals surface area contributed by atoms with Crippen molar-refractivity contribution in [3.8, 4) is 0 Å². The summed E-state index contributed by atoms with van der Waals surface area (Å²) in [5, 5.41) is 11.5. The molecule has 6 nitrogen and oxygen atoms in total. The number of H-pyrrole nitrogens is 1. The molecule has 1 aromatic rings. The molecule has 0 bridgehead atoms. The second-order valence-corrected chi connectivity index (χ2v) is 4.97. The highest BCUT2D eigenvalue weighted by Gasteiger charge is 2.13. The van der Waals surface area contributed by atoms with Crippen LogP contribution in [-0.2, 0) is 4.79 Å². The van der Waals surface area contributed by atoms with Crippen molar-refractivity contribution >= 4 is 11.9 Å². The van der Waals surface area contributed by atoms with Crippen LogP contribution in [0, 0.1) is 5.92 Å². The Morgan fingerprint density at radius 2 is 2.00 bits per heavy atom. The van der Waals surface area contributed by atoms with Gasteiger partial charge in [0.2, 0.25) is 5.56 Å². The molecule has 0 aromatic carbocycles. The summed E-state index contributed by atoms with van der Waals surface area (Å²) in [7, 11) is 0. The maximum absolute atomic E-state index is 11.8. The molecule has 0 aliphatic rings. The molecule has 0 radical (unpaired) electrons. The van der Waals surface area contributed by atoms with Gasteiger partial charge in [0, 0.05) is 12.1 Å². The van der Waals surface area contributed by atoms with Crippen molar-refractivity contribution < 1.29 is 14.7 Å². The van der Waals surface area contributed by atoms with E-state index in [4.69, 9.17) is 5.11 Å². The largest absolute Gasteiger partial charge is 0.481 e. The van der Waals surface area contributed by atoms with Crippen molar-refractivity contribution in [1.29, 1.82) is 0 Å². The molecular formula is C14H20N2O4. The minimum Gasteiger partial charge on any atom is -0.481 e. The van der Waals surface area contributed by atoms with Gasteiger partial charge in [0.1, 0.15) is 5.69 Å². The van der Waals surface area contributed by atoms with Crippen molar-refractivity contribution in [2.24, 2.45) is 5.92 Å². The summed E-state index contributed by atoms with van der Waals surface area (Å²) >= 11 is 0. The van der Waals surface area contributed by atoms with Crippen LogP contribution < -0.4 is 10.9 Å². The van der Waals surface area contributed by atoms with Crippen molar-refractivity contribution in [2.75, 3.05) is 0 Å². The molecular weight excluding hydrogens is 260 g/mol. The molecule has 1 amide bonds. The zero-order valence-corrected chi connectivity index (χ0v) is 11.7. The summed E-state index contributed by atoms with van der Waals surface area (Å²) < 4.78 is 0. The molecule has 0 aliphatic carbocycles. The molecule has 6 heteroatoms. The van der Waals surface area contributed by atoms with E-state index < -0.39 is 5.97 Å². The maximum Gasteiger partial charge on any atom is 0.306 e. The molecule has 1 rings (SSSR count). The third kappa shape index (κ3) is 5.26. The van der Waals surface area contributed by atoms with Gasteiger partial charge in [0.15, 0.2) is 0 Å². The van der Waals surface area contributed by atoms with E-state index in [1.807, 2.05) is 6.92 Å². The highest BCUT2D eigenvalue weighted by atomic mass is 16.4. The number of hydrogen-bond acceptors (Lipinski definition) is 3. The summed E-state index contributed by atoms with van der Waals surface area (Å²) in [5.74, 6) is -1.51. The first-order valence-electron chi connectivity index (χ1n) is 6.63. The number of amides is 1. The van der Waals surface area contributed by atoms with E-state index in [0.717, 1.165) is 6.42 Å². The SMILES string of the molecule is CC(CCCC(C)C(=O)O)NC(=O)c1cccc(=O)[nH]1. The molecule has 0 aliphatic heterocycles. The van der Waals surface area contributed by atoms with Crippen molar-refractivity contribution in [1.82, 2.24) is 10.3 Å². The summed E-state index contributed by atoms with van der Waals surface area (Å²) in [6, 6.07) is 4.32. The molecule has 0 saturated carbocycles. The quantitative estimate of drug-likeness (QED) is 0.702. The maximum atomic E-state index is 11.8. The van der Waals surface area contributed by atoms with E-state index in [2.05, 4.69) is 10.3 Å². The Balaban J connectivity index is 2.39. The molecule has 2 atom stereocenters. The summed E-state index contributed by atoms with van der Waals surface area (Å²) in [5.41, 5.74) is -0.0937. The summed E-state index contributed by atoms with van der Waals surface area (Å²) in [6.45, 7) is 3.52. The molecule has 20 heavy (non-hydrogen) atoms. The molecule has 110 valence electrons.